The number of benzene rings is 6. The van der Waals surface area contributed by atoms with E-state index in [0.717, 1.165) is 24.3 Å². The molecule has 12 heteroatoms. The molecule has 6 nitrogen and oxygen atoms in total. The Labute approximate surface area is 291 Å². The van der Waals surface area contributed by atoms with Crippen molar-refractivity contribution in [3.05, 3.63) is 178 Å². The lowest BCUT2D eigenvalue weighted by atomic mass is 9.67. The Morgan fingerprint density at radius 3 is 1.14 bits per heavy atom. The highest BCUT2D eigenvalue weighted by Crippen LogP contribution is 2.57. The molecule has 7 rings (SSSR count). The molecule has 0 fully saturated rings. The second kappa shape index (κ2) is 12.4. The molecule has 0 bridgehead atoms. The van der Waals surface area contributed by atoms with Gasteiger partial charge in [-0.15, -0.1) is 0 Å². The molecule has 0 heterocycles. The van der Waals surface area contributed by atoms with Gasteiger partial charge in [0.2, 0.25) is 11.5 Å². The lowest BCUT2D eigenvalue weighted by molar-refractivity contribution is 0.430. The molecule has 0 aliphatic heterocycles. The van der Waals surface area contributed by atoms with Crippen LogP contribution in [-0.4, -0.2) is 16.8 Å². The molecule has 0 spiro atoms. The molecule has 6 aromatic carbocycles. The first-order valence-electron chi connectivity index (χ1n) is 15.4. The summed E-state index contributed by atoms with van der Waals surface area (Å²) in [5, 5.41) is 0. The van der Waals surface area contributed by atoms with Crippen molar-refractivity contribution in [3.63, 3.8) is 0 Å². The topological polar surface area (TPSA) is 86.7 Å². The molecule has 0 N–H and O–H groups in total. The van der Waals surface area contributed by atoms with Crippen molar-refractivity contribution >= 4 is 20.2 Å². The van der Waals surface area contributed by atoms with Crippen LogP contribution in [0.15, 0.2) is 131 Å². The maximum atomic E-state index is 16.1. The van der Waals surface area contributed by atoms with Gasteiger partial charge in [0.1, 0.15) is 9.79 Å². The Morgan fingerprint density at radius 1 is 0.471 bits per heavy atom. The number of halogens is 4. The molecule has 0 saturated heterocycles. The fourth-order valence-electron chi connectivity index (χ4n) is 6.72. The molecular weight excluding hydrogens is 705 g/mol. The highest BCUT2D eigenvalue weighted by atomic mass is 32.2. The molecule has 1 aliphatic carbocycles. The van der Waals surface area contributed by atoms with Crippen LogP contribution in [0.2, 0.25) is 0 Å². The third-order valence-electron chi connectivity index (χ3n) is 8.93. The molecule has 0 radical (unpaired) electrons. The molecule has 51 heavy (non-hydrogen) atoms. The van der Waals surface area contributed by atoms with Gasteiger partial charge in [-0.25, -0.2) is 17.6 Å². The normalized spacial score (nSPS) is 13.4. The summed E-state index contributed by atoms with van der Waals surface area (Å²) in [5.41, 5.74) is 0.451. The first-order valence-corrected chi connectivity index (χ1v) is 18.3. The van der Waals surface area contributed by atoms with Crippen molar-refractivity contribution in [2.45, 2.75) is 29.1 Å². The van der Waals surface area contributed by atoms with E-state index >= 15 is 17.6 Å². The first kappa shape index (κ1) is 34.0. The zero-order chi connectivity index (χ0) is 36.3. The zero-order valence-electron chi connectivity index (χ0n) is 26.8. The van der Waals surface area contributed by atoms with Gasteiger partial charge in [-0.3, -0.25) is 0 Å². The van der Waals surface area contributed by atoms with Gasteiger partial charge < -0.3 is 8.37 Å². The van der Waals surface area contributed by atoms with E-state index in [0.29, 0.717) is 22.3 Å². The second-order valence-corrected chi connectivity index (χ2v) is 15.0. The van der Waals surface area contributed by atoms with Gasteiger partial charge in [0.25, 0.3) is 0 Å². The smallest absolute Gasteiger partial charge is 0.339 e. The maximum absolute atomic E-state index is 16.1. The van der Waals surface area contributed by atoms with Crippen LogP contribution in [0.5, 0.6) is 11.5 Å². The van der Waals surface area contributed by atoms with Crippen molar-refractivity contribution in [1.82, 2.24) is 0 Å². The third-order valence-corrected chi connectivity index (χ3v) is 11.7. The first-order chi connectivity index (χ1) is 24.3. The van der Waals surface area contributed by atoms with Crippen molar-refractivity contribution < 1.29 is 42.8 Å². The van der Waals surface area contributed by atoms with Gasteiger partial charge in [-0.2, -0.15) is 16.8 Å². The Hall–Kier alpha value is -5.46. The lowest BCUT2D eigenvalue weighted by Crippen LogP contribution is -2.30. The van der Waals surface area contributed by atoms with Crippen molar-refractivity contribution in [2.75, 3.05) is 0 Å². The molecular formula is C39H26F4O6S2. The van der Waals surface area contributed by atoms with Crippen molar-refractivity contribution in [1.29, 1.82) is 0 Å². The van der Waals surface area contributed by atoms with E-state index in [1.54, 1.807) is 60.7 Å². The summed E-state index contributed by atoms with van der Waals surface area (Å²) >= 11 is 0. The number of hydrogen-bond acceptors (Lipinski definition) is 6. The van der Waals surface area contributed by atoms with Gasteiger partial charge in [0.05, 0.1) is 5.41 Å². The summed E-state index contributed by atoms with van der Waals surface area (Å²) < 4.78 is 127. The van der Waals surface area contributed by atoms with Crippen LogP contribution in [-0.2, 0) is 25.7 Å². The minimum atomic E-state index is -4.68. The van der Waals surface area contributed by atoms with Gasteiger partial charge in [0, 0.05) is 0 Å². The van der Waals surface area contributed by atoms with Crippen LogP contribution in [0.4, 0.5) is 17.6 Å². The molecule has 0 unspecified atom stereocenters. The summed E-state index contributed by atoms with van der Waals surface area (Å²) in [6.45, 7) is 3.00. The Kier molecular flexibility index (Phi) is 8.26. The van der Waals surface area contributed by atoms with Crippen LogP contribution in [0.3, 0.4) is 0 Å². The van der Waals surface area contributed by atoms with E-state index < -0.39 is 60.4 Å². The number of aryl methyl sites for hydroxylation is 2. The van der Waals surface area contributed by atoms with Crippen LogP contribution in [0.1, 0.15) is 33.4 Å². The van der Waals surface area contributed by atoms with Gasteiger partial charge >= 0.3 is 20.2 Å². The van der Waals surface area contributed by atoms with Crippen molar-refractivity contribution in [2.24, 2.45) is 0 Å². The van der Waals surface area contributed by atoms with Crippen molar-refractivity contribution in [3.8, 4) is 22.6 Å². The molecule has 0 amide bonds. The van der Waals surface area contributed by atoms with Gasteiger partial charge in [-0.05, 0) is 94.8 Å². The van der Waals surface area contributed by atoms with Crippen LogP contribution < -0.4 is 8.37 Å². The molecule has 0 saturated carbocycles. The minimum Gasteiger partial charge on any atom is -0.373 e. The monoisotopic (exact) mass is 730 g/mol. The minimum absolute atomic E-state index is 0.157. The van der Waals surface area contributed by atoms with Gasteiger partial charge in [-0.1, -0.05) is 84.9 Å². The summed E-state index contributed by atoms with van der Waals surface area (Å²) in [7, 11) is -9.36. The van der Waals surface area contributed by atoms with E-state index in [1.807, 2.05) is 0 Å². The van der Waals surface area contributed by atoms with E-state index in [9.17, 15) is 16.8 Å². The molecule has 0 atom stereocenters. The molecule has 1 aliphatic rings. The van der Waals surface area contributed by atoms with Crippen LogP contribution in [0, 0.1) is 37.1 Å². The predicted octanol–water partition coefficient (Wildman–Crippen LogP) is 8.76. The maximum Gasteiger partial charge on any atom is 0.339 e. The lowest BCUT2D eigenvalue weighted by Gasteiger charge is -2.34. The molecule has 0 aromatic heterocycles. The summed E-state index contributed by atoms with van der Waals surface area (Å²) in [4.78, 5) is -0.582. The summed E-state index contributed by atoms with van der Waals surface area (Å²) in [6, 6.07) is 28.5. The number of rotatable bonds is 8. The van der Waals surface area contributed by atoms with E-state index in [1.165, 1.54) is 50.2 Å². The standard InChI is InChI=1S/C39H26F4O6S2/c1-23-11-3-9-17-35(23)50(44,45)48-37-31(40)19-25(20-32(37)41)39(29-15-7-5-13-27(29)28-14-6-8-16-30(28)39)26-21-33(42)38(34(43)22-26)49-51(46,47)36-18-10-4-12-24(36)2/h3-22H,1-2H3. The number of fused-ring (bicyclic) bond motifs is 3. The highest BCUT2D eigenvalue weighted by molar-refractivity contribution is 7.87. The number of hydrogen-bond donors (Lipinski definition) is 0. The molecule has 258 valence electrons. The zero-order valence-corrected chi connectivity index (χ0v) is 28.5. The quantitative estimate of drug-likeness (QED) is 0.115. The van der Waals surface area contributed by atoms with E-state index in [4.69, 9.17) is 8.37 Å². The van der Waals surface area contributed by atoms with E-state index in [-0.39, 0.29) is 32.0 Å². The van der Waals surface area contributed by atoms with E-state index in [2.05, 4.69) is 0 Å². The van der Waals surface area contributed by atoms with Crippen LogP contribution >= 0.6 is 0 Å². The predicted molar refractivity (Wildman–Crippen MR) is 182 cm³/mol. The van der Waals surface area contributed by atoms with Crippen LogP contribution in [0.25, 0.3) is 11.1 Å². The molecule has 6 aromatic rings. The average Bonchev–Trinajstić information content (AvgIpc) is 3.39. The second-order valence-electron chi connectivity index (χ2n) is 12.0. The highest BCUT2D eigenvalue weighted by Gasteiger charge is 2.48. The SMILES string of the molecule is Cc1ccccc1S(=O)(=O)Oc1c(F)cc(C2(c3cc(F)c(OS(=O)(=O)c4ccccc4C)c(F)c3)c3ccccc3-c3ccccc32)cc1F. The largest absolute Gasteiger partial charge is 0.373 e. The Bertz CT molecular complexity index is 2380. The van der Waals surface area contributed by atoms with Gasteiger partial charge in [0.15, 0.2) is 23.3 Å². The summed E-state index contributed by atoms with van der Waals surface area (Å²) in [5.74, 6) is -7.97. The Morgan fingerprint density at radius 2 is 0.784 bits per heavy atom. The fraction of sp³-hybridized carbons (Fsp3) is 0.0769. The average molecular weight is 731 g/mol. The third kappa shape index (κ3) is 5.55. The Balaban J connectivity index is 1.43. The summed E-state index contributed by atoms with van der Waals surface area (Å²) in [6.07, 6.45) is 0. The fourth-order valence-corrected chi connectivity index (χ4v) is 9.07.